The van der Waals surface area contributed by atoms with Crippen LogP contribution in [0.3, 0.4) is 0 Å². The van der Waals surface area contributed by atoms with E-state index in [1.54, 1.807) is 13.8 Å². The molecule has 0 spiro atoms. The number of anilines is 1. The normalized spacial score (nSPS) is 21.7. The SMILES string of the molecule is CC(C)S(=O)(=O)NC1CCC(C(=O)Nc2c(F)cccc2F)CC1. The summed E-state index contributed by atoms with van der Waals surface area (Å²) in [6.45, 7) is 3.20. The van der Waals surface area contributed by atoms with E-state index in [1.165, 1.54) is 6.07 Å². The van der Waals surface area contributed by atoms with Gasteiger partial charge in [-0.3, -0.25) is 4.79 Å². The van der Waals surface area contributed by atoms with Gasteiger partial charge in [-0.1, -0.05) is 6.07 Å². The number of para-hydroxylation sites is 1. The summed E-state index contributed by atoms with van der Waals surface area (Å²) in [6.07, 6.45) is 1.97. The molecule has 0 bridgehead atoms. The van der Waals surface area contributed by atoms with E-state index < -0.39 is 38.5 Å². The molecule has 5 nitrogen and oxygen atoms in total. The molecule has 0 aromatic heterocycles. The van der Waals surface area contributed by atoms with E-state index in [0.717, 1.165) is 12.1 Å². The lowest BCUT2D eigenvalue weighted by molar-refractivity contribution is -0.120. The molecule has 0 aliphatic heterocycles. The number of sulfonamides is 1. The van der Waals surface area contributed by atoms with Crippen LogP contribution in [0.15, 0.2) is 18.2 Å². The quantitative estimate of drug-likeness (QED) is 0.848. The average Bonchev–Trinajstić information content (AvgIpc) is 2.51. The van der Waals surface area contributed by atoms with Gasteiger partial charge in [0.15, 0.2) is 0 Å². The standard InChI is InChI=1S/C16H22F2N2O3S/c1-10(2)24(22,23)20-12-8-6-11(7-9-12)16(21)19-15-13(17)4-3-5-14(15)18/h3-5,10-12,20H,6-9H2,1-2H3,(H,19,21). The van der Waals surface area contributed by atoms with Crippen LogP contribution < -0.4 is 10.0 Å². The van der Waals surface area contributed by atoms with Gasteiger partial charge in [0.1, 0.15) is 17.3 Å². The van der Waals surface area contributed by atoms with E-state index in [1.807, 2.05) is 0 Å². The van der Waals surface area contributed by atoms with E-state index in [2.05, 4.69) is 10.0 Å². The molecule has 2 N–H and O–H groups in total. The van der Waals surface area contributed by atoms with Crippen molar-refractivity contribution in [2.45, 2.75) is 50.8 Å². The predicted octanol–water partition coefficient (Wildman–Crippen LogP) is 2.79. The first-order chi connectivity index (χ1) is 11.2. The Morgan fingerprint density at radius 3 is 2.17 bits per heavy atom. The van der Waals surface area contributed by atoms with Gasteiger partial charge in [-0.2, -0.15) is 0 Å². The van der Waals surface area contributed by atoms with Crippen LogP contribution in [-0.2, 0) is 14.8 Å². The molecule has 0 heterocycles. The maximum absolute atomic E-state index is 13.6. The number of hydrogen-bond acceptors (Lipinski definition) is 3. The summed E-state index contributed by atoms with van der Waals surface area (Å²) < 4.78 is 53.5. The topological polar surface area (TPSA) is 75.3 Å². The average molecular weight is 360 g/mol. The van der Waals surface area contributed by atoms with Gasteiger partial charge in [0.2, 0.25) is 15.9 Å². The van der Waals surface area contributed by atoms with Gasteiger partial charge in [0.25, 0.3) is 0 Å². The molecule has 2 rings (SSSR count). The molecule has 134 valence electrons. The minimum Gasteiger partial charge on any atom is -0.321 e. The van der Waals surface area contributed by atoms with E-state index in [0.29, 0.717) is 25.7 Å². The van der Waals surface area contributed by atoms with Crippen LogP contribution in [0.4, 0.5) is 14.5 Å². The van der Waals surface area contributed by atoms with Crippen molar-refractivity contribution < 1.29 is 22.0 Å². The largest absolute Gasteiger partial charge is 0.321 e. The molecule has 1 aliphatic carbocycles. The van der Waals surface area contributed by atoms with Crippen LogP contribution in [0.25, 0.3) is 0 Å². The van der Waals surface area contributed by atoms with Crippen molar-refractivity contribution in [1.82, 2.24) is 4.72 Å². The van der Waals surface area contributed by atoms with Crippen molar-refractivity contribution in [3.8, 4) is 0 Å². The third-order valence-corrected chi connectivity index (χ3v) is 6.16. The first kappa shape index (κ1) is 18.8. The van der Waals surface area contributed by atoms with Gasteiger partial charge >= 0.3 is 0 Å². The number of rotatable bonds is 5. The second-order valence-electron chi connectivity index (χ2n) is 6.35. The van der Waals surface area contributed by atoms with Crippen molar-refractivity contribution in [2.24, 2.45) is 5.92 Å². The van der Waals surface area contributed by atoms with Crippen molar-refractivity contribution in [2.75, 3.05) is 5.32 Å². The second-order valence-corrected chi connectivity index (χ2v) is 8.61. The number of carbonyl (C=O) groups is 1. The molecule has 1 fully saturated rings. The summed E-state index contributed by atoms with van der Waals surface area (Å²) in [6, 6.07) is 3.19. The van der Waals surface area contributed by atoms with E-state index in [4.69, 9.17) is 0 Å². The third-order valence-electron chi connectivity index (χ3n) is 4.26. The van der Waals surface area contributed by atoms with Crippen molar-refractivity contribution >= 4 is 21.6 Å². The molecule has 24 heavy (non-hydrogen) atoms. The molecule has 1 aromatic rings. The highest BCUT2D eigenvalue weighted by Crippen LogP contribution is 2.27. The van der Waals surface area contributed by atoms with Gasteiger partial charge in [-0.15, -0.1) is 0 Å². The van der Waals surface area contributed by atoms with Crippen LogP contribution in [0.1, 0.15) is 39.5 Å². The lowest BCUT2D eigenvalue weighted by Crippen LogP contribution is -2.42. The molecule has 0 unspecified atom stereocenters. The molecule has 8 heteroatoms. The molecule has 1 aliphatic rings. The number of nitrogens with one attached hydrogen (secondary N) is 2. The summed E-state index contributed by atoms with van der Waals surface area (Å²) in [5, 5.41) is 1.79. The molecule has 1 saturated carbocycles. The van der Waals surface area contributed by atoms with Crippen molar-refractivity contribution in [3.63, 3.8) is 0 Å². The Morgan fingerprint density at radius 1 is 1.12 bits per heavy atom. The lowest BCUT2D eigenvalue weighted by Gasteiger charge is -2.28. The van der Waals surface area contributed by atoms with Crippen LogP contribution in [-0.4, -0.2) is 25.6 Å². The summed E-state index contributed by atoms with van der Waals surface area (Å²) in [5.74, 6) is -2.46. The molecule has 0 saturated heterocycles. The fraction of sp³-hybridized carbons (Fsp3) is 0.562. The summed E-state index contributed by atoms with van der Waals surface area (Å²) in [7, 11) is -3.35. The van der Waals surface area contributed by atoms with Gasteiger partial charge in [-0.25, -0.2) is 21.9 Å². The fourth-order valence-electron chi connectivity index (χ4n) is 2.68. The lowest BCUT2D eigenvalue weighted by atomic mass is 9.86. The zero-order chi connectivity index (χ0) is 17.9. The summed E-state index contributed by atoms with van der Waals surface area (Å²) in [4.78, 5) is 12.2. The maximum Gasteiger partial charge on any atom is 0.227 e. The first-order valence-corrected chi connectivity index (χ1v) is 9.51. The highest BCUT2D eigenvalue weighted by molar-refractivity contribution is 7.90. The van der Waals surface area contributed by atoms with Gasteiger partial charge in [0, 0.05) is 12.0 Å². The van der Waals surface area contributed by atoms with Gasteiger partial charge in [-0.05, 0) is 51.7 Å². The third kappa shape index (κ3) is 4.51. The highest BCUT2D eigenvalue weighted by Gasteiger charge is 2.30. The van der Waals surface area contributed by atoms with E-state index in [9.17, 15) is 22.0 Å². The second kappa shape index (κ2) is 7.57. The van der Waals surface area contributed by atoms with Crippen LogP contribution in [0.5, 0.6) is 0 Å². The zero-order valence-electron chi connectivity index (χ0n) is 13.7. The molecule has 1 aromatic carbocycles. The Labute approximate surface area is 140 Å². The van der Waals surface area contributed by atoms with Crippen LogP contribution in [0, 0.1) is 17.6 Å². The number of amides is 1. The minimum atomic E-state index is -3.35. The van der Waals surface area contributed by atoms with Crippen molar-refractivity contribution in [1.29, 1.82) is 0 Å². The fourth-order valence-corrected chi connectivity index (χ4v) is 3.66. The van der Waals surface area contributed by atoms with Gasteiger partial charge in [0.05, 0.1) is 5.25 Å². The van der Waals surface area contributed by atoms with E-state index >= 15 is 0 Å². The Bertz CT molecular complexity index is 679. The minimum absolute atomic E-state index is 0.202. The van der Waals surface area contributed by atoms with E-state index in [-0.39, 0.29) is 12.0 Å². The highest BCUT2D eigenvalue weighted by atomic mass is 32.2. The molecular formula is C16H22F2N2O3S. The Hall–Kier alpha value is -1.54. The number of benzene rings is 1. The summed E-state index contributed by atoms with van der Waals surface area (Å²) >= 11 is 0. The Balaban J connectivity index is 1.91. The number of halogens is 2. The zero-order valence-corrected chi connectivity index (χ0v) is 14.5. The maximum atomic E-state index is 13.6. The number of hydrogen-bond donors (Lipinski definition) is 2. The molecule has 0 atom stereocenters. The predicted molar refractivity (Wildman–Crippen MR) is 87.9 cm³/mol. The van der Waals surface area contributed by atoms with Crippen molar-refractivity contribution in [3.05, 3.63) is 29.8 Å². The van der Waals surface area contributed by atoms with Crippen LogP contribution in [0.2, 0.25) is 0 Å². The monoisotopic (exact) mass is 360 g/mol. The Morgan fingerprint density at radius 2 is 1.67 bits per heavy atom. The smallest absolute Gasteiger partial charge is 0.227 e. The first-order valence-electron chi connectivity index (χ1n) is 7.96. The Kier molecular flexibility index (Phi) is 5.92. The van der Waals surface area contributed by atoms with Crippen LogP contribution >= 0.6 is 0 Å². The summed E-state index contributed by atoms with van der Waals surface area (Å²) in [5.41, 5.74) is -0.440. The number of carbonyl (C=O) groups excluding carboxylic acids is 1. The molecule has 1 amide bonds. The molecule has 0 radical (unpaired) electrons. The van der Waals surface area contributed by atoms with Gasteiger partial charge < -0.3 is 5.32 Å². The molecular weight excluding hydrogens is 338 g/mol.